The summed E-state index contributed by atoms with van der Waals surface area (Å²) in [5.41, 5.74) is 0.778. The standard InChI is InChI=1S/C16H21N9/c1-11-20-21-14-4-5-15(22-25(11)14)24-9-12(10-24)8-18-13-6-7-17-16(19-13)23(2)3/h4-7,12H,8-10H2,1-3H3,(H,17,18,19). The largest absolute Gasteiger partial charge is 0.369 e. The van der Waals surface area contributed by atoms with Crippen LogP contribution in [0.5, 0.6) is 0 Å². The lowest BCUT2D eigenvalue weighted by Crippen LogP contribution is -2.50. The SMILES string of the molecule is Cc1nnc2ccc(N3CC(CNc4ccnc(N(C)C)n4)C3)nn12. The predicted molar refractivity (Wildman–Crippen MR) is 96.1 cm³/mol. The highest BCUT2D eigenvalue weighted by Crippen LogP contribution is 2.23. The van der Waals surface area contributed by atoms with E-state index in [1.54, 1.807) is 10.7 Å². The first-order chi connectivity index (χ1) is 12.1. The number of rotatable bonds is 5. The minimum atomic E-state index is 0.567. The van der Waals surface area contributed by atoms with Gasteiger partial charge in [0.15, 0.2) is 11.5 Å². The summed E-state index contributed by atoms with van der Waals surface area (Å²) >= 11 is 0. The molecule has 3 aromatic rings. The van der Waals surface area contributed by atoms with Crippen molar-refractivity contribution < 1.29 is 0 Å². The Balaban J connectivity index is 1.34. The van der Waals surface area contributed by atoms with E-state index >= 15 is 0 Å². The molecule has 1 fully saturated rings. The van der Waals surface area contributed by atoms with E-state index in [-0.39, 0.29) is 0 Å². The third-order valence-corrected chi connectivity index (χ3v) is 4.30. The average molecular weight is 339 g/mol. The predicted octanol–water partition coefficient (Wildman–Crippen LogP) is 0.837. The number of nitrogens with zero attached hydrogens (tertiary/aromatic N) is 8. The molecule has 0 saturated carbocycles. The molecular formula is C16H21N9. The molecule has 0 atom stereocenters. The molecule has 130 valence electrons. The highest BCUT2D eigenvalue weighted by molar-refractivity contribution is 5.48. The molecule has 0 amide bonds. The van der Waals surface area contributed by atoms with Crippen LogP contribution < -0.4 is 15.1 Å². The number of aromatic nitrogens is 6. The van der Waals surface area contributed by atoms with E-state index in [9.17, 15) is 0 Å². The van der Waals surface area contributed by atoms with Gasteiger partial charge in [-0.15, -0.1) is 15.3 Å². The lowest BCUT2D eigenvalue weighted by molar-refractivity contribution is 0.424. The van der Waals surface area contributed by atoms with Gasteiger partial charge in [-0.05, 0) is 25.1 Å². The Hall–Kier alpha value is -2.97. The lowest BCUT2D eigenvalue weighted by Gasteiger charge is -2.40. The maximum absolute atomic E-state index is 4.61. The normalized spacial score (nSPS) is 14.6. The van der Waals surface area contributed by atoms with Gasteiger partial charge in [0.25, 0.3) is 0 Å². The number of fused-ring (bicyclic) bond motifs is 1. The van der Waals surface area contributed by atoms with Crippen molar-refractivity contribution in [3.63, 3.8) is 0 Å². The fourth-order valence-electron chi connectivity index (χ4n) is 2.85. The van der Waals surface area contributed by atoms with Crippen LogP contribution in [-0.4, -0.2) is 63.5 Å². The summed E-state index contributed by atoms with van der Waals surface area (Å²) in [6, 6.07) is 5.85. The topological polar surface area (TPSA) is 87.4 Å². The molecule has 0 aromatic carbocycles. The van der Waals surface area contributed by atoms with Crippen LogP contribution in [0.15, 0.2) is 24.4 Å². The molecule has 3 aromatic heterocycles. The van der Waals surface area contributed by atoms with Crippen LogP contribution in [0.3, 0.4) is 0 Å². The van der Waals surface area contributed by atoms with Gasteiger partial charge in [0, 0.05) is 45.8 Å². The van der Waals surface area contributed by atoms with E-state index in [2.05, 4.69) is 35.5 Å². The first kappa shape index (κ1) is 15.6. The van der Waals surface area contributed by atoms with Gasteiger partial charge in [0.05, 0.1) is 0 Å². The monoisotopic (exact) mass is 339 g/mol. The summed E-state index contributed by atoms with van der Waals surface area (Å²) in [6.45, 7) is 4.73. The molecule has 4 rings (SSSR count). The Morgan fingerprint density at radius 3 is 2.84 bits per heavy atom. The molecule has 1 saturated heterocycles. The first-order valence-corrected chi connectivity index (χ1v) is 8.28. The molecule has 4 heterocycles. The van der Waals surface area contributed by atoms with Crippen molar-refractivity contribution in [3.05, 3.63) is 30.2 Å². The quantitative estimate of drug-likeness (QED) is 0.732. The van der Waals surface area contributed by atoms with Crippen LogP contribution in [0.2, 0.25) is 0 Å². The van der Waals surface area contributed by atoms with Crippen molar-refractivity contribution in [2.45, 2.75) is 6.92 Å². The molecule has 1 N–H and O–H groups in total. The summed E-state index contributed by atoms with van der Waals surface area (Å²) in [6.07, 6.45) is 1.78. The second kappa shape index (κ2) is 6.15. The Morgan fingerprint density at radius 1 is 1.20 bits per heavy atom. The number of hydrogen-bond acceptors (Lipinski definition) is 8. The van der Waals surface area contributed by atoms with Crippen molar-refractivity contribution in [2.24, 2.45) is 5.92 Å². The molecule has 9 nitrogen and oxygen atoms in total. The molecule has 9 heteroatoms. The molecule has 0 bridgehead atoms. The van der Waals surface area contributed by atoms with Gasteiger partial charge in [0.1, 0.15) is 11.6 Å². The van der Waals surface area contributed by atoms with E-state index in [0.717, 1.165) is 42.7 Å². The Morgan fingerprint density at radius 2 is 2.04 bits per heavy atom. The molecule has 1 aliphatic rings. The van der Waals surface area contributed by atoms with E-state index in [1.807, 2.05) is 44.1 Å². The van der Waals surface area contributed by atoms with Crippen LogP contribution in [0.1, 0.15) is 5.82 Å². The smallest absolute Gasteiger partial charge is 0.226 e. The van der Waals surface area contributed by atoms with Gasteiger partial charge >= 0.3 is 0 Å². The summed E-state index contributed by atoms with van der Waals surface area (Å²) in [4.78, 5) is 12.9. The zero-order valence-electron chi connectivity index (χ0n) is 14.6. The molecule has 0 radical (unpaired) electrons. The van der Waals surface area contributed by atoms with Gasteiger partial charge in [-0.1, -0.05) is 0 Å². The second-order valence-corrected chi connectivity index (χ2v) is 6.50. The van der Waals surface area contributed by atoms with Crippen molar-refractivity contribution in [2.75, 3.05) is 48.8 Å². The molecule has 0 spiro atoms. The molecule has 0 unspecified atom stereocenters. The summed E-state index contributed by atoms with van der Waals surface area (Å²) in [5.74, 6) is 3.90. The Bertz CT molecular complexity index is 882. The highest BCUT2D eigenvalue weighted by Gasteiger charge is 2.28. The third-order valence-electron chi connectivity index (χ3n) is 4.30. The molecule has 25 heavy (non-hydrogen) atoms. The summed E-state index contributed by atoms with van der Waals surface area (Å²) in [7, 11) is 3.87. The minimum absolute atomic E-state index is 0.567. The zero-order chi connectivity index (χ0) is 17.4. The summed E-state index contributed by atoms with van der Waals surface area (Å²) in [5, 5.41) is 16.1. The fraction of sp³-hybridized carbons (Fsp3) is 0.438. The van der Waals surface area contributed by atoms with Gasteiger partial charge < -0.3 is 15.1 Å². The van der Waals surface area contributed by atoms with Gasteiger partial charge in [0.2, 0.25) is 5.95 Å². The van der Waals surface area contributed by atoms with Crippen LogP contribution in [0.4, 0.5) is 17.6 Å². The number of anilines is 3. The Kier molecular flexibility index (Phi) is 3.83. The van der Waals surface area contributed by atoms with Gasteiger partial charge in [-0.3, -0.25) is 0 Å². The van der Waals surface area contributed by atoms with Gasteiger partial charge in [-0.2, -0.15) is 9.50 Å². The molecular weight excluding hydrogens is 318 g/mol. The first-order valence-electron chi connectivity index (χ1n) is 8.28. The van der Waals surface area contributed by atoms with Gasteiger partial charge in [-0.25, -0.2) is 4.98 Å². The number of aryl methyl sites for hydroxylation is 1. The third kappa shape index (κ3) is 3.04. The fourth-order valence-corrected chi connectivity index (χ4v) is 2.85. The number of hydrogen-bond donors (Lipinski definition) is 1. The highest BCUT2D eigenvalue weighted by atomic mass is 15.4. The molecule has 1 aliphatic heterocycles. The van der Waals surface area contributed by atoms with Crippen LogP contribution in [0.25, 0.3) is 5.65 Å². The molecule has 0 aliphatic carbocycles. The summed E-state index contributed by atoms with van der Waals surface area (Å²) < 4.78 is 1.78. The Labute approximate surface area is 145 Å². The van der Waals surface area contributed by atoms with Crippen molar-refractivity contribution >= 4 is 23.2 Å². The second-order valence-electron chi connectivity index (χ2n) is 6.50. The average Bonchev–Trinajstić information content (AvgIpc) is 2.94. The number of nitrogens with one attached hydrogen (secondary N) is 1. The van der Waals surface area contributed by atoms with Crippen LogP contribution in [-0.2, 0) is 0 Å². The van der Waals surface area contributed by atoms with Crippen molar-refractivity contribution in [3.8, 4) is 0 Å². The van der Waals surface area contributed by atoms with E-state index in [1.165, 1.54) is 0 Å². The lowest BCUT2D eigenvalue weighted by atomic mass is 10.0. The van der Waals surface area contributed by atoms with E-state index in [0.29, 0.717) is 11.9 Å². The van der Waals surface area contributed by atoms with Crippen molar-refractivity contribution in [1.29, 1.82) is 0 Å². The maximum Gasteiger partial charge on any atom is 0.226 e. The van der Waals surface area contributed by atoms with Crippen LogP contribution >= 0.6 is 0 Å². The van der Waals surface area contributed by atoms with Crippen molar-refractivity contribution in [1.82, 2.24) is 29.8 Å². The van der Waals surface area contributed by atoms with E-state index < -0.39 is 0 Å². The van der Waals surface area contributed by atoms with E-state index in [4.69, 9.17) is 0 Å². The van der Waals surface area contributed by atoms with Crippen LogP contribution in [0, 0.1) is 12.8 Å². The minimum Gasteiger partial charge on any atom is -0.369 e. The zero-order valence-corrected chi connectivity index (χ0v) is 14.6. The maximum atomic E-state index is 4.61.